The molecule has 3 aromatic heterocycles. The fourth-order valence-electron chi connectivity index (χ4n) is 4.04. The lowest BCUT2D eigenvalue weighted by Crippen LogP contribution is -2.36. The number of ether oxygens (including phenoxy) is 1. The van der Waals surface area contributed by atoms with Gasteiger partial charge in [-0.05, 0) is 53.1 Å². The van der Waals surface area contributed by atoms with Gasteiger partial charge < -0.3 is 15.4 Å². The summed E-state index contributed by atoms with van der Waals surface area (Å²) in [5, 5.41) is 0. The third kappa shape index (κ3) is 3.87. The molecule has 1 fully saturated rings. The molecule has 0 atom stereocenters. The van der Waals surface area contributed by atoms with Crippen LogP contribution in [0.3, 0.4) is 0 Å². The Morgan fingerprint density at radius 2 is 1.74 bits per heavy atom. The number of morpholine rings is 1. The number of carbonyl (C=O) groups is 1. The topological polar surface area (TPSA) is 85.8 Å². The molecule has 1 aliphatic heterocycles. The maximum absolute atomic E-state index is 12.2. The van der Waals surface area contributed by atoms with Crippen LogP contribution >= 0.6 is 0 Å². The summed E-state index contributed by atoms with van der Waals surface area (Å²) >= 11 is 0. The number of pyridine rings is 2. The number of carbonyl (C=O) groups excluding carboxylic acids is 1. The molecule has 0 saturated carbocycles. The van der Waals surface area contributed by atoms with Crippen LogP contribution < -0.4 is 10.6 Å². The normalized spacial score (nSPS) is 14.1. The molecule has 4 heterocycles. The second-order valence-electron chi connectivity index (χ2n) is 7.59. The molecule has 1 amide bonds. The summed E-state index contributed by atoms with van der Waals surface area (Å²) < 4.78 is 7.19. The minimum atomic E-state index is -0.482. The monoisotopic (exact) mass is 413 g/mol. The predicted molar refractivity (Wildman–Crippen MR) is 119 cm³/mol. The zero-order chi connectivity index (χ0) is 21.2. The van der Waals surface area contributed by atoms with Gasteiger partial charge in [0.15, 0.2) is 0 Å². The average molecular weight is 413 g/mol. The smallest absolute Gasteiger partial charge is 0.267 e. The first-order chi connectivity index (χ1) is 15.2. The van der Waals surface area contributed by atoms with Crippen molar-refractivity contribution < 1.29 is 9.53 Å². The number of benzene rings is 1. The van der Waals surface area contributed by atoms with Gasteiger partial charge >= 0.3 is 0 Å². The summed E-state index contributed by atoms with van der Waals surface area (Å²) in [6.45, 7) is 3.31. The van der Waals surface area contributed by atoms with Crippen LogP contribution in [0.2, 0.25) is 0 Å². The third-order valence-corrected chi connectivity index (χ3v) is 5.63. The summed E-state index contributed by atoms with van der Waals surface area (Å²) in [5.74, 6) is -0.482. The quantitative estimate of drug-likeness (QED) is 0.544. The van der Waals surface area contributed by atoms with Gasteiger partial charge in [0.25, 0.3) is 5.91 Å². The first-order valence-electron chi connectivity index (χ1n) is 10.3. The van der Waals surface area contributed by atoms with Gasteiger partial charge in [0.2, 0.25) is 0 Å². The fraction of sp³-hybridized carbons (Fsp3) is 0.208. The predicted octanol–water partition coefficient (Wildman–Crippen LogP) is 2.92. The summed E-state index contributed by atoms with van der Waals surface area (Å²) in [6.07, 6.45) is 5.90. The van der Waals surface area contributed by atoms with Crippen molar-refractivity contribution in [3.63, 3.8) is 0 Å². The molecule has 5 rings (SSSR count). The zero-order valence-electron chi connectivity index (χ0n) is 17.1. The van der Waals surface area contributed by atoms with Crippen LogP contribution in [0.4, 0.5) is 5.69 Å². The van der Waals surface area contributed by atoms with E-state index in [2.05, 4.69) is 34.1 Å². The molecule has 7 heteroatoms. The second-order valence-corrected chi connectivity index (χ2v) is 7.59. The van der Waals surface area contributed by atoms with Gasteiger partial charge in [-0.25, -0.2) is 4.98 Å². The highest BCUT2D eigenvalue weighted by atomic mass is 16.5. The van der Waals surface area contributed by atoms with Gasteiger partial charge in [0, 0.05) is 43.8 Å². The Morgan fingerprint density at radius 1 is 1.00 bits per heavy atom. The van der Waals surface area contributed by atoms with Crippen LogP contribution in [-0.2, 0) is 11.2 Å². The standard InChI is InChI=1S/C24H23N5O2/c25-24(30)23-21(15-17-1-3-20(4-2-17)28-11-13-31-14-12-28)27-22-16-19(7-10-29(22)23)18-5-8-26-9-6-18/h1-10,16H,11-15H2,(H2,25,30). The van der Waals surface area contributed by atoms with Crippen molar-refractivity contribution in [2.75, 3.05) is 31.2 Å². The number of hydrogen-bond donors (Lipinski definition) is 1. The van der Waals surface area contributed by atoms with E-state index in [9.17, 15) is 4.79 Å². The number of nitrogens with two attached hydrogens (primary N) is 1. The molecular weight excluding hydrogens is 390 g/mol. The number of aromatic nitrogens is 3. The van der Waals surface area contributed by atoms with Crippen molar-refractivity contribution in [2.45, 2.75) is 6.42 Å². The lowest BCUT2D eigenvalue weighted by atomic mass is 10.1. The summed E-state index contributed by atoms with van der Waals surface area (Å²) in [7, 11) is 0. The van der Waals surface area contributed by atoms with Crippen molar-refractivity contribution in [1.29, 1.82) is 0 Å². The number of hydrogen-bond acceptors (Lipinski definition) is 5. The number of amides is 1. The van der Waals surface area contributed by atoms with Crippen molar-refractivity contribution >= 4 is 17.2 Å². The van der Waals surface area contributed by atoms with Crippen LogP contribution in [-0.4, -0.2) is 46.6 Å². The van der Waals surface area contributed by atoms with E-state index >= 15 is 0 Å². The van der Waals surface area contributed by atoms with E-state index < -0.39 is 5.91 Å². The van der Waals surface area contributed by atoms with E-state index in [1.165, 1.54) is 5.69 Å². The summed E-state index contributed by atoms with van der Waals surface area (Å²) in [4.78, 5) is 23.4. The van der Waals surface area contributed by atoms with Crippen LogP contribution in [0.5, 0.6) is 0 Å². The average Bonchev–Trinajstić information content (AvgIpc) is 3.18. The molecule has 0 spiro atoms. The first-order valence-corrected chi connectivity index (χ1v) is 10.3. The molecule has 2 N–H and O–H groups in total. The second kappa shape index (κ2) is 8.20. The fourth-order valence-corrected chi connectivity index (χ4v) is 4.04. The highest BCUT2D eigenvalue weighted by molar-refractivity contribution is 5.93. The number of nitrogens with zero attached hydrogens (tertiary/aromatic N) is 4. The van der Waals surface area contributed by atoms with Crippen molar-refractivity contribution in [3.8, 4) is 11.1 Å². The van der Waals surface area contributed by atoms with E-state index in [-0.39, 0.29) is 0 Å². The van der Waals surface area contributed by atoms with E-state index in [4.69, 9.17) is 15.5 Å². The van der Waals surface area contributed by atoms with Gasteiger partial charge in [-0.2, -0.15) is 0 Å². The Morgan fingerprint density at radius 3 is 2.45 bits per heavy atom. The third-order valence-electron chi connectivity index (χ3n) is 5.63. The van der Waals surface area contributed by atoms with Gasteiger partial charge in [0.1, 0.15) is 11.3 Å². The largest absolute Gasteiger partial charge is 0.378 e. The lowest BCUT2D eigenvalue weighted by molar-refractivity contribution is 0.0994. The number of imidazole rings is 1. The molecule has 31 heavy (non-hydrogen) atoms. The van der Waals surface area contributed by atoms with Gasteiger partial charge in [0.05, 0.1) is 18.9 Å². The van der Waals surface area contributed by atoms with Gasteiger partial charge in [-0.15, -0.1) is 0 Å². The van der Waals surface area contributed by atoms with E-state index in [0.29, 0.717) is 23.5 Å². The highest BCUT2D eigenvalue weighted by Gasteiger charge is 2.18. The van der Waals surface area contributed by atoms with Gasteiger partial charge in [-0.3, -0.25) is 14.2 Å². The molecule has 0 radical (unpaired) electrons. The number of anilines is 1. The van der Waals surface area contributed by atoms with Crippen LogP contribution in [0.1, 0.15) is 21.7 Å². The molecule has 7 nitrogen and oxygen atoms in total. The summed E-state index contributed by atoms with van der Waals surface area (Å²) in [6, 6.07) is 16.2. The zero-order valence-corrected chi connectivity index (χ0v) is 17.1. The molecule has 0 unspecified atom stereocenters. The maximum Gasteiger partial charge on any atom is 0.267 e. The molecule has 0 aliphatic carbocycles. The molecule has 1 aliphatic rings. The van der Waals surface area contributed by atoms with Crippen molar-refractivity contribution in [3.05, 3.63) is 84.1 Å². The molecule has 0 bridgehead atoms. The van der Waals surface area contributed by atoms with Crippen LogP contribution in [0, 0.1) is 0 Å². The number of rotatable bonds is 5. The van der Waals surface area contributed by atoms with Crippen molar-refractivity contribution in [1.82, 2.24) is 14.4 Å². The molecular formula is C24H23N5O2. The highest BCUT2D eigenvalue weighted by Crippen LogP contribution is 2.24. The Labute approximate surface area is 180 Å². The minimum absolute atomic E-state index is 0.425. The van der Waals surface area contributed by atoms with E-state index in [0.717, 1.165) is 43.0 Å². The Hall–Kier alpha value is -3.71. The molecule has 4 aromatic rings. The lowest BCUT2D eigenvalue weighted by Gasteiger charge is -2.28. The van der Waals surface area contributed by atoms with E-state index in [1.54, 1.807) is 16.8 Å². The Kier molecular flexibility index (Phi) is 5.09. The molecule has 156 valence electrons. The summed E-state index contributed by atoms with van der Waals surface area (Å²) in [5.41, 5.74) is 11.8. The van der Waals surface area contributed by atoms with Crippen LogP contribution in [0.25, 0.3) is 16.8 Å². The molecule has 1 saturated heterocycles. The SMILES string of the molecule is NC(=O)c1c(Cc2ccc(N3CCOCC3)cc2)nc2cc(-c3ccncc3)ccn12. The Balaban J connectivity index is 1.46. The number of fused-ring (bicyclic) bond motifs is 1. The van der Waals surface area contributed by atoms with Crippen LogP contribution in [0.15, 0.2) is 67.1 Å². The number of primary amides is 1. The maximum atomic E-state index is 12.2. The first kappa shape index (κ1) is 19.3. The minimum Gasteiger partial charge on any atom is -0.378 e. The Bertz CT molecular complexity index is 1210. The van der Waals surface area contributed by atoms with Gasteiger partial charge in [-0.1, -0.05) is 12.1 Å². The van der Waals surface area contributed by atoms with Crippen molar-refractivity contribution in [2.24, 2.45) is 5.73 Å². The molecule has 1 aromatic carbocycles. The van der Waals surface area contributed by atoms with E-state index in [1.807, 2.05) is 30.5 Å².